The Bertz CT molecular complexity index is 494. The van der Waals surface area contributed by atoms with Gasteiger partial charge in [0.15, 0.2) is 0 Å². The van der Waals surface area contributed by atoms with Crippen LogP contribution < -0.4 is 10.5 Å². The summed E-state index contributed by atoms with van der Waals surface area (Å²) in [6.45, 7) is 1.03. The first-order valence-corrected chi connectivity index (χ1v) is 5.78. The van der Waals surface area contributed by atoms with Gasteiger partial charge in [0.2, 0.25) is 0 Å². The van der Waals surface area contributed by atoms with E-state index in [1.165, 1.54) is 0 Å². The van der Waals surface area contributed by atoms with E-state index in [9.17, 15) is 0 Å². The fourth-order valence-corrected chi connectivity index (χ4v) is 1.40. The Morgan fingerprint density at radius 1 is 0.833 bits per heavy atom. The van der Waals surface area contributed by atoms with E-state index >= 15 is 0 Å². The topological polar surface area (TPSA) is 60.0 Å². The summed E-state index contributed by atoms with van der Waals surface area (Å²) < 4.78 is 5.38. The molecule has 0 aliphatic rings. The molecule has 2 aromatic carbocycles. The molecule has 0 aromatic heterocycles. The predicted molar refractivity (Wildman–Crippen MR) is 71.6 cm³/mol. The second-order valence-corrected chi connectivity index (χ2v) is 3.67. The number of nitrogens with two attached hydrogens (primary N) is 1. The van der Waals surface area contributed by atoms with Gasteiger partial charge in [-0.1, -0.05) is 18.2 Å². The molecule has 0 saturated carbocycles. The van der Waals surface area contributed by atoms with Crippen LogP contribution in [0.2, 0.25) is 0 Å². The van der Waals surface area contributed by atoms with Crippen molar-refractivity contribution in [2.45, 2.75) is 0 Å². The monoisotopic (exact) mass is 241 g/mol. The summed E-state index contributed by atoms with van der Waals surface area (Å²) in [7, 11) is 0. The highest BCUT2D eigenvalue weighted by atomic mass is 16.5. The number of nitrogens with zero attached hydrogens (tertiary/aromatic N) is 2. The van der Waals surface area contributed by atoms with Crippen LogP contribution in [-0.4, -0.2) is 13.2 Å². The van der Waals surface area contributed by atoms with Crippen molar-refractivity contribution in [3.8, 4) is 5.75 Å². The predicted octanol–water partition coefficient (Wildman–Crippen LogP) is 3.44. The van der Waals surface area contributed by atoms with Crippen molar-refractivity contribution in [2.24, 2.45) is 16.0 Å². The minimum absolute atomic E-state index is 0.509. The number of hydrogen-bond donors (Lipinski definition) is 1. The fraction of sp³-hybridized carbons (Fsp3) is 0.143. The molecule has 2 N–H and O–H groups in total. The Labute approximate surface area is 106 Å². The molecular formula is C14H15N3O. The van der Waals surface area contributed by atoms with Crippen LogP contribution in [0.5, 0.6) is 5.75 Å². The van der Waals surface area contributed by atoms with Gasteiger partial charge in [0.25, 0.3) is 0 Å². The molecule has 4 nitrogen and oxygen atoms in total. The highest BCUT2D eigenvalue weighted by molar-refractivity contribution is 5.42. The van der Waals surface area contributed by atoms with Gasteiger partial charge in [0.1, 0.15) is 12.4 Å². The zero-order chi connectivity index (χ0) is 12.6. The normalized spacial score (nSPS) is 10.7. The maximum Gasteiger partial charge on any atom is 0.119 e. The standard InChI is InChI=1S/C14H15N3O/c15-10-11-18-14-8-6-13(7-9-14)17-16-12-4-2-1-3-5-12/h1-9H,10-11,15H2/b17-16+. The highest BCUT2D eigenvalue weighted by Crippen LogP contribution is 2.20. The van der Waals surface area contributed by atoms with E-state index in [1.54, 1.807) is 0 Å². The number of benzene rings is 2. The molecule has 0 spiro atoms. The lowest BCUT2D eigenvalue weighted by molar-refractivity contribution is 0.328. The largest absolute Gasteiger partial charge is 0.492 e. The maximum absolute atomic E-state index is 5.38. The molecule has 2 aromatic rings. The Morgan fingerprint density at radius 3 is 2.06 bits per heavy atom. The summed E-state index contributed by atoms with van der Waals surface area (Å²) in [6, 6.07) is 17.0. The molecule has 0 aliphatic carbocycles. The van der Waals surface area contributed by atoms with Crippen molar-refractivity contribution < 1.29 is 4.74 Å². The molecule has 0 saturated heterocycles. The summed E-state index contributed by atoms with van der Waals surface area (Å²) in [6.07, 6.45) is 0. The van der Waals surface area contributed by atoms with Crippen molar-refractivity contribution >= 4 is 11.4 Å². The molecule has 0 amide bonds. The quantitative estimate of drug-likeness (QED) is 0.815. The number of rotatable bonds is 5. The average molecular weight is 241 g/mol. The van der Waals surface area contributed by atoms with Crippen LogP contribution in [0.15, 0.2) is 64.8 Å². The summed E-state index contributed by atoms with van der Waals surface area (Å²) in [5, 5.41) is 8.28. The molecule has 92 valence electrons. The van der Waals surface area contributed by atoms with Gasteiger partial charge in [0.05, 0.1) is 11.4 Å². The van der Waals surface area contributed by atoms with Crippen LogP contribution in [0.25, 0.3) is 0 Å². The van der Waals surface area contributed by atoms with Gasteiger partial charge in [-0.15, -0.1) is 0 Å². The lowest BCUT2D eigenvalue weighted by Gasteiger charge is -2.03. The summed E-state index contributed by atoms with van der Waals surface area (Å²) in [5.74, 6) is 0.791. The Morgan fingerprint density at radius 2 is 1.44 bits per heavy atom. The third-order valence-corrected chi connectivity index (χ3v) is 2.26. The first kappa shape index (κ1) is 12.3. The molecule has 2 rings (SSSR count). The van der Waals surface area contributed by atoms with Crippen molar-refractivity contribution in [1.82, 2.24) is 0 Å². The first-order valence-electron chi connectivity index (χ1n) is 5.78. The minimum Gasteiger partial charge on any atom is -0.492 e. The minimum atomic E-state index is 0.509. The Hall–Kier alpha value is -2.20. The number of azo groups is 1. The van der Waals surface area contributed by atoms with Crippen LogP contribution >= 0.6 is 0 Å². The molecular weight excluding hydrogens is 226 g/mol. The van der Waals surface area contributed by atoms with E-state index in [-0.39, 0.29) is 0 Å². The van der Waals surface area contributed by atoms with E-state index in [0.29, 0.717) is 13.2 Å². The lowest BCUT2D eigenvalue weighted by atomic mass is 10.3. The molecule has 0 fully saturated rings. The number of ether oxygens (including phenoxy) is 1. The molecule has 0 atom stereocenters. The van der Waals surface area contributed by atoms with Gasteiger partial charge < -0.3 is 10.5 Å². The van der Waals surface area contributed by atoms with E-state index < -0.39 is 0 Å². The number of hydrogen-bond acceptors (Lipinski definition) is 4. The summed E-state index contributed by atoms with van der Waals surface area (Å²) in [5.41, 5.74) is 6.98. The second-order valence-electron chi connectivity index (χ2n) is 3.67. The third kappa shape index (κ3) is 3.68. The summed E-state index contributed by atoms with van der Waals surface area (Å²) in [4.78, 5) is 0. The summed E-state index contributed by atoms with van der Waals surface area (Å²) >= 11 is 0. The van der Waals surface area contributed by atoms with Gasteiger partial charge in [-0.3, -0.25) is 0 Å². The van der Waals surface area contributed by atoms with E-state index in [1.807, 2.05) is 54.6 Å². The zero-order valence-electron chi connectivity index (χ0n) is 9.99. The molecule has 0 radical (unpaired) electrons. The lowest BCUT2D eigenvalue weighted by Crippen LogP contribution is -2.10. The van der Waals surface area contributed by atoms with Gasteiger partial charge in [0, 0.05) is 6.54 Å². The van der Waals surface area contributed by atoms with E-state index in [0.717, 1.165) is 17.1 Å². The highest BCUT2D eigenvalue weighted by Gasteiger charge is 1.94. The van der Waals surface area contributed by atoms with Crippen LogP contribution in [0, 0.1) is 0 Å². The van der Waals surface area contributed by atoms with Crippen LogP contribution in [0.3, 0.4) is 0 Å². The van der Waals surface area contributed by atoms with Gasteiger partial charge in [-0.2, -0.15) is 10.2 Å². The maximum atomic E-state index is 5.38. The van der Waals surface area contributed by atoms with Crippen molar-refractivity contribution in [2.75, 3.05) is 13.2 Å². The van der Waals surface area contributed by atoms with Crippen molar-refractivity contribution in [3.63, 3.8) is 0 Å². The Balaban J connectivity index is 2.00. The molecule has 4 heteroatoms. The third-order valence-electron chi connectivity index (χ3n) is 2.26. The van der Waals surface area contributed by atoms with Crippen LogP contribution in [-0.2, 0) is 0 Å². The molecule has 0 unspecified atom stereocenters. The molecule has 0 heterocycles. The SMILES string of the molecule is NCCOc1ccc(/N=N/c2ccccc2)cc1. The van der Waals surface area contributed by atoms with E-state index in [4.69, 9.17) is 10.5 Å². The van der Waals surface area contributed by atoms with Gasteiger partial charge in [-0.25, -0.2) is 0 Å². The van der Waals surface area contributed by atoms with E-state index in [2.05, 4.69) is 10.2 Å². The van der Waals surface area contributed by atoms with Crippen molar-refractivity contribution in [3.05, 3.63) is 54.6 Å². The van der Waals surface area contributed by atoms with Crippen molar-refractivity contribution in [1.29, 1.82) is 0 Å². The second kappa shape index (κ2) is 6.51. The van der Waals surface area contributed by atoms with Crippen LogP contribution in [0.1, 0.15) is 0 Å². The molecule has 0 bridgehead atoms. The molecule has 18 heavy (non-hydrogen) atoms. The fourth-order valence-electron chi connectivity index (χ4n) is 1.40. The molecule has 0 aliphatic heterocycles. The van der Waals surface area contributed by atoms with Gasteiger partial charge >= 0.3 is 0 Å². The average Bonchev–Trinajstić information content (AvgIpc) is 2.45. The van der Waals surface area contributed by atoms with Crippen LogP contribution in [0.4, 0.5) is 11.4 Å². The Kier molecular flexibility index (Phi) is 4.44. The van der Waals surface area contributed by atoms with Gasteiger partial charge in [-0.05, 0) is 36.4 Å². The zero-order valence-corrected chi connectivity index (χ0v) is 9.99. The smallest absolute Gasteiger partial charge is 0.119 e. The first-order chi connectivity index (χ1) is 8.88.